The second kappa shape index (κ2) is 9.00. The van der Waals surface area contributed by atoms with Crippen LogP contribution in [0.4, 0.5) is 0 Å². The minimum absolute atomic E-state index is 0.0271. The van der Waals surface area contributed by atoms with Gasteiger partial charge >= 0.3 is 0 Å². The molecule has 0 unspecified atom stereocenters. The van der Waals surface area contributed by atoms with E-state index in [2.05, 4.69) is 52.0 Å². The van der Waals surface area contributed by atoms with Crippen LogP contribution in [-0.2, 0) is 17.6 Å². The molecule has 0 radical (unpaired) electrons. The molecule has 6 nitrogen and oxygen atoms in total. The third-order valence-corrected chi connectivity index (χ3v) is 6.75. The van der Waals surface area contributed by atoms with E-state index in [1.165, 1.54) is 47.7 Å². The van der Waals surface area contributed by atoms with Gasteiger partial charge in [-0.1, -0.05) is 42.1 Å². The van der Waals surface area contributed by atoms with Crippen molar-refractivity contribution in [2.24, 2.45) is 0 Å². The first-order valence-corrected chi connectivity index (χ1v) is 11.4. The van der Waals surface area contributed by atoms with Crippen molar-refractivity contribution >= 4 is 17.7 Å². The third-order valence-electron chi connectivity index (χ3n) is 5.83. The molecule has 2 aromatic carbocycles. The molecule has 156 valence electrons. The van der Waals surface area contributed by atoms with Crippen LogP contribution in [0, 0.1) is 13.8 Å². The molecule has 0 fully saturated rings. The van der Waals surface area contributed by atoms with E-state index in [-0.39, 0.29) is 17.7 Å². The number of carbonyl (C=O) groups excluding carboxylic acids is 1. The molecule has 0 saturated heterocycles. The molecule has 30 heavy (non-hydrogen) atoms. The van der Waals surface area contributed by atoms with Crippen LogP contribution in [0.1, 0.15) is 53.6 Å². The van der Waals surface area contributed by atoms with Crippen molar-refractivity contribution in [3.8, 4) is 5.69 Å². The molecule has 1 N–H and O–H groups in total. The minimum Gasteiger partial charge on any atom is -0.349 e. The summed E-state index contributed by atoms with van der Waals surface area (Å²) in [6, 6.07) is 12.6. The average molecular weight is 422 g/mol. The van der Waals surface area contributed by atoms with Crippen molar-refractivity contribution in [2.45, 2.75) is 57.7 Å². The molecule has 0 aliphatic heterocycles. The fourth-order valence-corrected chi connectivity index (χ4v) is 4.60. The van der Waals surface area contributed by atoms with E-state index >= 15 is 0 Å². The molecule has 3 aromatic rings. The highest BCUT2D eigenvalue weighted by Gasteiger charge is 2.17. The van der Waals surface area contributed by atoms with Crippen molar-refractivity contribution in [1.29, 1.82) is 0 Å². The lowest BCUT2D eigenvalue weighted by molar-refractivity contribution is -0.119. The first-order chi connectivity index (χ1) is 14.5. The summed E-state index contributed by atoms with van der Waals surface area (Å²) in [5.74, 6) is 0.237. The van der Waals surface area contributed by atoms with Crippen molar-refractivity contribution in [3.05, 3.63) is 64.2 Å². The molecule has 0 bridgehead atoms. The molecule has 1 aliphatic carbocycles. The normalized spacial score (nSPS) is 14.2. The zero-order chi connectivity index (χ0) is 21.1. The number of aryl methyl sites for hydroxylation is 3. The van der Waals surface area contributed by atoms with Crippen LogP contribution in [0.5, 0.6) is 0 Å². The van der Waals surface area contributed by atoms with Crippen LogP contribution in [0.15, 0.2) is 41.6 Å². The van der Waals surface area contributed by atoms with Gasteiger partial charge in [0, 0.05) is 0 Å². The van der Waals surface area contributed by atoms with E-state index in [1.54, 1.807) is 4.68 Å². The summed E-state index contributed by atoms with van der Waals surface area (Å²) in [5.41, 5.74) is 7.28. The Hall–Kier alpha value is -2.67. The van der Waals surface area contributed by atoms with Crippen molar-refractivity contribution in [2.75, 3.05) is 5.75 Å². The molecule has 1 aromatic heterocycles. The molecule has 1 aliphatic rings. The smallest absolute Gasteiger partial charge is 0.230 e. The number of nitrogens with one attached hydrogen (secondary N) is 1. The molecular weight excluding hydrogens is 394 g/mol. The van der Waals surface area contributed by atoms with Gasteiger partial charge in [0.2, 0.25) is 11.1 Å². The molecule has 1 amide bonds. The Labute approximate surface area is 181 Å². The quantitative estimate of drug-likeness (QED) is 0.606. The lowest BCUT2D eigenvalue weighted by atomic mass is 9.89. The topological polar surface area (TPSA) is 72.7 Å². The molecular formula is C23H27N5OS. The number of nitrogens with zero attached hydrogens (tertiary/aromatic N) is 4. The van der Waals surface area contributed by atoms with Gasteiger partial charge in [-0.2, -0.15) is 4.68 Å². The summed E-state index contributed by atoms with van der Waals surface area (Å²) < 4.78 is 1.70. The van der Waals surface area contributed by atoms with Crippen LogP contribution < -0.4 is 5.32 Å². The largest absolute Gasteiger partial charge is 0.349 e. The summed E-state index contributed by atoms with van der Waals surface area (Å²) in [4.78, 5) is 12.6. The highest BCUT2D eigenvalue weighted by atomic mass is 32.2. The number of benzene rings is 2. The second-order valence-corrected chi connectivity index (χ2v) is 8.85. The Morgan fingerprint density at radius 1 is 1.17 bits per heavy atom. The molecule has 0 saturated carbocycles. The number of carbonyl (C=O) groups is 1. The first kappa shape index (κ1) is 20.6. The lowest BCUT2D eigenvalue weighted by Crippen LogP contribution is -2.28. The monoisotopic (exact) mass is 421 g/mol. The highest BCUT2D eigenvalue weighted by Crippen LogP contribution is 2.25. The second-order valence-electron chi connectivity index (χ2n) is 7.91. The van der Waals surface area contributed by atoms with Crippen LogP contribution in [0.3, 0.4) is 0 Å². The van der Waals surface area contributed by atoms with E-state index in [0.717, 1.165) is 23.2 Å². The Kier molecular flexibility index (Phi) is 6.18. The van der Waals surface area contributed by atoms with E-state index in [0.29, 0.717) is 5.16 Å². The maximum absolute atomic E-state index is 12.6. The van der Waals surface area contributed by atoms with Crippen LogP contribution in [0.25, 0.3) is 5.69 Å². The zero-order valence-corrected chi connectivity index (χ0v) is 18.5. The zero-order valence-electron chi connectivity index (χ0n) is 17.7. The Morgan fingerprint density at radius 3 is 2.80 bits per heavy atom. The molecule has 1 atom stereocenters. The predicted molar refractivity (Wildman–Crippen MR) is 119 cm³/mol. The Bertz CT molecular complexity index is 1060. The summed E-state index contributed by atoms with van der Waals surface area (Å²) in [6.45, 7) is 6.15. The van der Waals surface area contributed by atoms with E-state index in [9.17, 15) is 4.79 Å². The van der Waals surface area contributed by atoms with E-state index in [1.807, 2.05) is 26.0 Å². The van der Waals surface area contributed by atoms with Gasteiger partial charge in [-0.3, -0.25) is 4.79 Å². The molecule has 7 heteroatoms. The van der Waals surface area contributed by atoms with Gasteiger partial charge < -0.3 is 5.32 Å². The van der Waals surface area contributed by atoms with Crippen molar-refractivity contribution < 1.29 is 4.79 Å². The maximum atomic E-state index is 12.6. The summed E-state index contributed by atoms with van der Waals surface area (Å²) in [6.07, 6.45) is 4.84. The SMILES string of the molecule is Cc1cccc(-n2nnnc2SCC(=O)N[C@H](C)c2ccc3c(c2)CCCC3)c1C. The highest BCUT2D eigenvalue weighted by molar-refractivity contribution is 7.99. The third kappa shape index (κ3) is 4.41. The number of aromatic nitrogens is 4. The minimum atomic E-state index is -0.0275. The maximum Gasteiger partial charge on any atom is 0.230 e. The number of rotatable bonds is 6. The van der Waals surface area contributed by atoms with Gasteiger partial charge in [-0.25, -0.2) is 0 Å². The van der Waals surface area contributed by atoms with E-state index in [4.69, 9.17) is 0 Å². The number of amides is 1. The van der Waals surface area contributed by atoms with Crippen LogP contribution in [-0.4, -0.2) is 31.9 Å². The summed E-state index contributed by atoms with van der Waals surface area (Å²) in [7, 11) is 0. The van der Waals surface area contributed by atoms with Crippen LogP contribution in [0.2, 0.25) is 0 Å². The van der Waals surface area contributed by atoms with Crippen LogP contribution >= 0.6 is 11.8 Å². The van der Waals surface area contributed by atoms with Crippen molar-refractivity contribution in [1.82, 2.24) is 25.5 Å². The van der Waals surface area contributed by atoms with Gasteiger partial charge in [0.05, 0.1) is 17.5 Å². The number of tetrazole rings is 1. The first-order valence-electron chi connectivity index (χ1n) is 10.4. The van der Waals surface area contributed by atoms with Crippen molar-refractivity contribution in [3.63, 3.8) is 0 Å². The van der Waals surface area contributed by atoms with Gasteiger partial charge in [0.1, 0.15) is 0 Å². The standard InChI is InChI=1S/C23H27N5OS/c1-15-7-6-10-21(16(15)2)28-23(25-26-27-28)30-14-22(29)24-17(3)19-12-11-18-8-4-5-9-20(18)13-19/h6-7,10-13,17H,4-5,8-9,14H2,1-3H3,(H,24,29)/t17-/m1/s1. The lowest BCUT2D eigenvalue weighted by Gasteiger charge is -2.20. The summed E-state index contributed by atoms with van der Waals surface area (Å²) in [5, 5.41) is 15.8. The Balaban J connectivity index is 1.39. The molecule has 4 rings (SSSR count). The van der Waals surface area contributed by atoms with Gasteiger partial charge in [-0.15, -0.1) is 5.10 Å². The number of thioether (sulfide) groups is 1. The fourth-order valence-electron chi connectivity index (χ4n) is 3.90. The predicted octanol–water partition coefficient (Wildman–Crippen LogP) is 4.13. The fraction of sp³-hybridized carbons (Fsp3) is 0.391. The summed E-state index contributed by atoms with van der Waals surface area (Å²) >= 11 is 1.35. The van der Waals surface area contributed by atoms with Gasteiger partial charge in [0.25, 0.3) is 0 Å². The Morgan fingerprint density at radius 2 is 1.97 bits per heavy atom. The van der Waals surface area contributed by atoms with E-state index < -0.39 is 0 Å². The average Bonchev–Trinajstić information content (AvgIpc) is 3.22. The van der Waals surface area contributed by atoms with Gasteiger partial charge in [0.15, 0.2) is 0 Å². The molecule has 1 heterocycles. The number of hydrogen-bond donors (Lipinski definition) is 1. The number of hydrogen-bond acceptors (Lipinski definition) is 5. The number of fused-ring (bicyclic) bond motifs is 1. The molecule has 0 spiro atoms. The van der Waals surface area contributed by atoms with Gasteiger partial charge in [-0.05, 0) is 90.8 Å².